The van der Waals surface area contributed by atoms with Gasteiger partial charge in [-0.25, -0.2) is 9.59 Å². The topological polar surface area (TPSA) is 143 Å². The van der Waals surface area contributed by atoms with E-state index in [1.165, 1.54) is 0 Å². The van der Waals surface area contributed by atoms with Crippen LogP contribution in [0.4, 0.5) is 0 Å². The van der Waals surface area contributed by atoms with Crippen molar-refractivity contribution >= 4 is 17.9 Å². The lowest BCUT2D eigenvalue weighted by molar-refractivity contribution is -0.362. The third-order valence-electron chi connectivity index (χ3n) is 9.00. The Hall–Kier alpha value is -2.63. The first-order chi connectivity index (χ1) is 16.0. The highest BCUT2D eigenvalue weighted by molar-refractivity contribution is 5.91. The van der Waals surface area contributed by atoms with Crippen LogP contribution in [-0.4, -0.2) is 62.5 Å². The van der Waals surface area contributed by atoms with Crippen molar-refractivity contribution in [2.75, 3.05) is 0 Å². The summed E-state index contributed by atoms with van der Waals surface area (Å²) in [6.07, 6.45) is -2.27. The van der Waals surface area contributed by atoms with Gasteiger partial charge in [0, 0.05) is 11.8 Å². The Balaban J connectivity index is 1.44. The Bertz CT molecular complexity index is 1160. The van der Waals surface area contributed by atoms with Crippen LogP contribution in [0.15, 0.2) is 0 Å². The van der Waals surface area contributed by atoms with Gasteiger partial charge in [0.1, 0.15) is 12.2 Å². The highest BCUT2D eigenvalue weighted by Gasteiger charge is 2.93. The number of carbonyl (C=O) groups is 3. The van der Waals surface area contributed by atoms with Gasteiger partial charge in [0.05, 0.1) is 41.2 Å². The molecule has 0 radical (unpaired) electrons. The molecule has 0 bridgehead atoms. The number of aryl methyl sites for hydroxylation is 3. The van der Waals surface area contributed by atoms with E-state index in [9.17, 15) is 19.5 Å². The van der Waals surface area contributed by atoms with Crippen molar-refractivity contribution in [2.45, 2.75) is 89.5 Å². The molecule has 1 N–H and O–H groups in total. The number of fused-ring (bicyclic) bond motifs is 1. The number of rotatable bonds is 3. The van der Waals surface area contributed by atoms with Crippen molar-refractivity contribution in [3.8, 4) is 0 Å². The molecule has 0 aromatic carbocycles. The molecule has 0 amide bonds. The Kier molecular flexibility index (Phi) is 4.20. The minimum Gasteiger partial charge on any atom is -0.459 e. The molecule has 3 saturated heterocycles. The van der Waals surface area contributed by atoms with Crippen LogP contribution in [0.25, 0.3) is 0 Å². The smallest absolute Gasteiger partial charge is 0.371 e. The van der Waals surface area contributed by atoms with Crippen LogP contribution in [0.2, 0.25) is 0 Å². The molecule has 7 atom stereocenters. The Morgan fingerprint density at radius 2 is 1.79 bits per heavy atom. The molecule has 1 aromatic heterocycles. The average Bonchev–Trinajstić information content (AvgIpc) is 3.34. The number of hydrogen-bond donors (Lipinski definition) is 1. The summed E-state index contributed by atoms with van der Waals surface area (Å²) in [5.74, 6) is -2.31. The lowest BCUT2D eigenvalue weighted by Crippen LogP contribution is -2.66. The van der Waals surface area contributed by atoms with Gasteiger partial charge in [-0.3, -0.25) is 19.7 Å². The maximum atomic E-state index is 13.3. The molecular weight excluding hydrogens is 448 g/mol. The zero-order valence-corrected chi connectivity index (χ0v) is 19.4. The van der Waals surface area contributed by atoms with Crippen molar-refractivity contribution in [3.05, 3.63) is 22.8 Å². The van der Waals surface area contributed by atoms with Crippen molar-refractivity contribution < 1.29 is 43.5 Å². The van der Waals surface area contributed by atoms with E-state index in [4.69, 9.17) is 24.0 Å². The molecule has 34 heavy (non-hydrogen) atoms. The first-order valence-electron chi connectivity index (χ1n) is 11.4. The number of nitrogens with zero attached hydrogens (tertiary/aromatic N) is 2. The summed E-state index contributed by atoms with van der Waals surface area (Å²) < 4.78 is 17.3. The van der Waals surface area contributed by atoms with E-state index in [-0.39, 0.29) is 13.0 Å². The molecular formula is C23H26N2O9. The number of aromatic nitrogens is 2. The number of esters is 2. The van der Waals surface area contributed by atoms with Crippen LogP contribution in [0.1, 0.15) is 55.4 Å². The minimum atomic E-state index is -2.09. The zero-order chi connectivity index (χ0) is 24.3. The molecule has 11 heteroatoms. The fraction of sp³-hybridized carbons (Fsp3) is 0.696. The molecule has 11 nitrogen and oxygen atoms in total. The average molecular weight is 474 g/mol. The summed E-state index contributed by atoms with van der Waals surface area (Å²) >= 11 is 0. The van der Waals surface area contributed by atoms with Crippen molar-refractivity contribution in [1.82, 2.24) is 9.97 Å². The summed E-state index contributed by atoms with van der Waals surface area (Å²) in [5, 5.41) is 11.7. The molecule has 182 valence electrons. The molecule has 6 rings (SSSR count). The van der Waals surface area contributed by atoms with Crippen LogP contribution in [-0.2, 0) is 45.0 Å². The molecule has 5 fully saturated rings. The Labute approximate surface area is 195 Å². The van der Waals surface area contributed by atoms with E-state index < -0.39 is 64.7 Å². The van der Waals surface area contributed by atoms with E-state index in [1.54, 1.807) is 0 Å². The van der Waals surface area contributed by atoms with E-state index >= 15 is 0 Å². The van der Waals surface area contributed by atoms with Gasteiger partial charge < -0.3 is 19.3 Å². The second-order valence-corrected chi connectivity index (χ2v) is 10.4. The fourth-order valence-corrected chi connectivity index (χ4v) is 7.27. The van der Waals surface area contributed by atoms with Gasteiger partial charge in [0.15, 0.2) is 11.7 Å². The van der Waals surface area contributed by atoms with Gasteiger partial charge in [-0.15, -0.1) is 0 Å². The molecule has 3 aliphatic heterocycles. The third kappa shape index (κ3) is 2.21. The Morgan fingerprint density at radius 1 is 1.06 bits per heavy atom. The third-order valence-corrected chi connectivity index (χ3v) is 9.00. The molecule has 2 aliphatic carbocycles. The van der Waals surface area contributed by atoms with Crippen LogP contribution >= 0.6 is 0 Å². The zero-order valence-electron chi connectivity index (χ0n) is 19.4. The van der Waals surface area contributed by atoms with Gasteiger partial charge in [-0.05, 0) is 33.6 Å². The molecule has 6 unspecified atom stereocenters. The maximum Gasteiger partial charge on any atom is 0.371 e. The van der Waals surface area contributed by atoms with Gasteiger partial charge in [0.25, 0.3) is 5.60 Å². The van der Waals surface area contributed by atoms with Crippen molar-refractivity contribution in [1.29, 1.82) is 0 Å². The first kappa shape index (κ1) is 21.9. The predicted octanol–water partition coefficient (Wildman–Crippen LogP) is 0.676. The standard InChI is InChI=1S/C23H26N2O9/c1-10-11(2)25-13(12(3)24-10)9-30-17-18(27)33-34-23-19(28)32-14-5-6-20(17,4)21(14,23)7-15-22(23,29)8-16(26)31-15/h14-15,17,29H,5-9H2,1-4H3/t14?,15?,17?,20?,21?,22-,23?/m1/s1. The molecule has 5 aliphatic rings. The number of aliphatic hydroxyl groups is 1. The van der Waals surface area contributed by atoms with Gasteiger partial charge in [-0.2, -0.15) is 4.89 Å². The summed E-state index contributed by atoms with van der Waals surface area (Å²) in [7, 11) is 0. The van der Waals surface area contributed by atoms with Crippen molar-refractivity contribution in [3.63, 3.8) is 0 Å². The summed E-state index contributed by atoms with van der Waals surface area (Å²) in [4.78, 5) is 58.4. The summed E-state index contributed by atoms with van der Waals surface area (Å²) in [5.41, 5.74) is -3.51. The second kappa shape index (κ2) is 6.52. The minimum absolute atomic E-state index is 0.0134. The highest BCUT2D eigenvalue weighted by atomic mass is 17.2. The fourth-order valence-electron chi connectivity index (χ4n) is 7.27. The quantitative estimate of drug-likeness (QED) is 0.488. The van der Waals surface area contributed by atoms with E-state index in [0.29, 0.717) is 24.2 Å². The summed E-state index contributed by atoms with van der Waals surface area (Å²) in [6, 6.07) is 0. The maximum absolute atomic E-state index is 13.3. The van der Waals surface area contributed by atoms with Gasteiger partial charge >= 0.3 is 17.9 Å². The monoisotopic (exact) mass is 474 g/mol. The van der Waals surface area contributed by atoms with Crippen LogP contribution in [0, 0.1) is 31.6 Å². The van der Waals surface area contributed by atoms with Gasteiger partial charge in [-0.1, -0.05) is 6.92 Å². The van der Waals surface area contributed by atoms with E-state index in [2.05, 4.69) is 9.97 Å². The highest BCUT2D eigenvalue weighted by Crippen LogP contribution is 2.76. The molecule has 2 saturated carbocycles. The lowest BCUT2D eigenvalue weighted by atomic mass is 9.55. The van der Waals surface area contributed by atoms with Crippen LogP contribution in [0.3, 0.4) is 0 Å². The predicted molar refractivity (Wildman–Crippen MR) is 108 cm³/mol. The first-order valence-corrected chi connectivity index (χ1v) is 11.4. The van der Waals surface area contributed by atoms with Crippen LogP contribution in [0.5, 0.6) is 0 Å². The largest absolute Gasteiger partial charge is 0.459 e. The second-order valence-electron chi connectivity index (χ2n) is 10.4. The SMILES string of the molecule is Cc1nc(C)c(COC2C(=O)OOC34C(=O)OC5CCC2(C)C53CC2OC(=O)C[C@@]24O)nc1C. The van der Waals surface area contributed by atoms with E-state index in [1.807, 2.05) is 27.7 Å². The number of ether oxygens (including phenoxy) is 3. The number of carbonyl (C=O) groups excluding carboxylic acids is 3. The van der Waals surface area contributed by atoms with Crippen LogP contribution < -0.4 is 0 Å². The van der Waals surface area contributed by atoms with Crippen molar-refractivity contribution in [2.24, 2.45) is 10.8 Å². The Morgan fingerprint density at radius 3 is 2.56 bits per heavy atom. The molecule has 4 heterocycles. The van der Waals surface area contributed by atoms with Gasteiger partial charge in [0.2, 0.25) is 0 Å². The summed E-state index contributed by atoms with van der Waals surface area (Å²) in [6.45, 7) is 7.34. The normalized spacial score (nSPS) is 44.1. The lowest BCUT2D eigenvalue weighted by Gasteiger charge is -2.47. The molecule has 1 spiro atoms. The van der Waals surface area contributed by atoms with E-state index in [0.717, 1.165) is 11.4 Å². The number of hydrogen-bond acceptors (Lipinski definition) is 11. The molecule has 1 aromatic rings.